The average Bonchev–Trinajstić information content (AvgIpc) is 0.877. The summed E-state index contributed by atoms with van der Waals surface area (Å²) in [5.74, 6) is -2.77. The van der Waals surface area contributed by atoms with Crippen LogP contribution in [0.2, 0.25) is 0 Å². The third-order valence-corrected chi connectivity index (χ3v) is 18.5. The molecular formula is C71H116O21. The summed E-state index contributed by atoms with van der Waals surface area (Å²) in [6.45, 7) is 12.8. The minimum Gasteiger partial charge on any atom is -0.457 e. The third-order valence-electron chi connectivity index (χ3n) is 18.5. The number of carbonyl (C=O) groups excluding carboxylic acids is 4. The lowest BCUT2D eigenvalue weighted by molar-refractivity contribution is -0.387. The zero-order valence-electron chi connectivity index (χ0n) is 56.4. The number of hydrogen-bond acceptors (Lipinski definition) is 21. The van der Waals surface area contributed by atoms with Crippen LogP contribution >= 0.6 is 0 Å². The van der Waals surface area contributed by atoms with Crippen molar-refractivity contribution >= 4 is 30.0 Å². The van der Waals surface area contributed by atoms with Crippen molar-refractivity contribution in [1.29, 1.82) is 0 Å². The highest BCUT2D eigenvalue weighted by atomic mass is 16.8. The number of aliphatic hydroxyl groups is 5. The van der Waals surface area contributed by atoms with Crippen molar-refractivity contribution in [2.24, 2.45) is 0 Å². The van der Waals surface area contributed by atoms with Gasteiger partial charge in [-0.25, -0.2) is 4.79 Å². The quantitative estimate of drug-likeness (QED) is 0.0200. The monoisotopic (exact) mass is 1300 g/mol. The molecule has 5 aliphatic heterocycles. The molecule has 0 saturated carbocycles. The van der Waals surface area contributed by atoms with Crippen LogP contribution in [0, 0.1) is 0 Å². The van der Waals surface area contributed by atoms with Crippen molar-refractivity contribution in [2.45, 2.75) is 376 Å². The van der Waals surface area contributed by atoms with Gasteiger partial charge in [-0.15, -0.1) is 0 Å². The molecule has 0 amide bonds. The minimum absolute atomic E-state index is 0.0109. The van der Waals surface area contributed by atoms with Gasteiger partial charge < -0.3 is 82.4 Å². The summed E-state index contributed by atoms with van der Waals surface area (Å²) in [5.41, 5.74) is 0.693. The molecule has 5 heterocycles. The standard InChI is InChI=1S/C71H116O21/c1-8-11-14-16-18-19-23-27-34-41-52(72)86-61-47(5)83-70(66(58(61)78)89-55(75)45-44-50-37-31-29-32-38-50)91-63-49(7)82-68(60(80)64(63)87-53(73)42-35-26-21-17-15-12-9-2)90-62-48(6)84-71-67(59(62)79)88-54(74)43-36-28-24-20-22-25-33-40-51(39-30-13-10-3)85-69-65(92-71)57(77)56(76)46(4)81-69/h29,31-32,37-38,44-49,51,56-71,76-80H,8-28,30,33-36,39-43H2,1-7H3/b45-44+/t46-,47+,48+,49+,51?,56+,57+,58-,59-,60-,61+,62+,63+,64+,65-,66-,67-,68+,69+,70+,71+/m1/s1. The van der Waals surface area contributed by atoms with Gasteiger partial charge in [-0.05, 0) is 71.4 Å². The largest absolute Gasteiger partial charge is 0.457 e. The summed E-state index contributed by atoms with van der Waals surface area (Å²) in [6.07, 6.45) is 0.148. The van der Waals surface area contributed by atoms with Gasteiger partial charge in [-0.3, -0.25) is 14.4 Å². The topological polar surface area (TPSA) is 280 Å². The highest BCUT2D eigenvalue weighted by molar-refractivity contribution is 5.87. The van der Waals surface area contributed by atoms with E-state index >= 15 is 0 Å². The normalized spacial score (nSPS) is 34.6. The van der Waals surface area contributed by atoms with Crippen LogP contribution in [0.1, 0.15) is 253 Å². The first-order valence-electron chi connectivity index (χ1n) is 35.6. The SMILES string of the molecule is CCCCCCCCCCCC(=O)O[C@@H]1[C@@H](O)[C@@H](OC(=O)/C=C/c2ccccc2)[C@H](O[C@@H]2[C@@H](OC(=O)CCCCCCCCC)[C@@H](O)[C@H](O[C@@H]3[C@@H](O)[C@H]4OC(=O)CCCCCCCCCC(CCCCC)O[C@@H]5O[C@H](C)[C@H](O)[C@H](O)[C@H]5O[C@@H]4O[C@H]3C)O[C@H]2C)O[C@H]1C. The minimum atomic E-state index is -1.87. The number of benzene rings is 1. The molecule has 1 aromatic rings. The maximum absolute atomic E-state index is 14.0. The van der Waals surface area contributed by atoms with Crippen LogP contribution in [-0.2, 0) is 76.0 Å². The van der Waals surface area contributed by atoms with Crippen LogP contribution in [0.3, 0.4) is 0 Å². The molecule has 92 heavy (non-hydrogen) atoms. The van der Waals surface area contributed by atoms with E-state index in [1.54, 1.807) is 52.0 Å². The molecule has 526 valence electrons. The van der Waals surface area contributed by atoms with Crippen molar-refractivity contribution in [3.63, 3.8) is 0 Å². The van der Waals surface area contributed by atoms with E-state index in [4.69, 9.17) is 56.8 Å². The molecule has 5 saturated heterocycles. The second kappa shape index (κ2) is 42.1. The van der Waals surface area contributed by atoms with Gasteiger partial charge in [-0.1, -0.05) is 199 Å². The Morgan fingerprint density at radius 2 is 0.978 bits per heavy atom. The van der Waals surface area contributed by atoms with Crippen molar-refractivity contribution in [2.75, 3.05) is 0 Å². The first kappa shape index (κ1) is 77.3. The summed E-state index contributed by atoms with van der Waals surface area (Å²) in [5, 5.41) is 60.1. The smallest absolute Gasteiger partial charge is 0.331 e. The molecule has 21 atom stereocenters. The molecule has 6 rings (SSSR count). The second-order valence-corrected chi connectivity index (χ2v) is 26.3. The maximum atomic E-state index is 14.0. The maximum Gasteiger partial charge on any atom is 0.331 e. The summed E-state index contributed by atoms with van der Waals surface area (Å²) in [4.78, 5) is 55.0. The van der Waals surface area contributed by atoms with E-state index in [0.29, 0.717) is 24.8 Å². The van der Waals surface area contributed by atoms with Gasteiger partial charge in [0.25, 0.3) is 0 Å². The molecule has 1 unspecified atom stereocenters. The van der Waals surface area contributed by atoms with Gasteiger partial charge in [0.2, 0.25) is 0 Å². The molecule has 5 N–H and O–H groups in total. The average molecular weight is 1310 g/mol. The zero-order chi connectivity index (χ0) is 66.4. The fraction of sp³-hybridized carbons (Fsp3) is 0.831. The molecule has 0 radical (unpaired) electrons. The molecule has 21 nitrogen and oxygen atoms in total. The highest BCUT2D eigenvalue weighted by Crippen LogP contribution is 2.38. The van der Waals surface area contributed by atoms with Crippen LogP contribution in [-0.4, -0.2) is 178 Å². The van der Waals surface area contributed by atoms with Gasteiger partial charge in [0.1, 0.15) is 48.8 Å². The fourth-order valence-corrected chi connectivity index (χ4v) is 12.9. The Balaban J connectivity index is 1.25. The van der Waals surface area contributed by atoms with E-state index in [0.717, 1.165) is 135 Å². The molecule has 5 fully saturated rings. The molecule has 0 bridgehead atoms. The summed E-state index contributed by atoms with van der Waals surface area (Å²) in [7, 11) is 0. The number of carbonyl (C=O) groups is 4. The molecule has 0 aliphatic carbocycles. The Labute approximate surface area is 547 Å². The van der Waals surface area contributed by atoms with E-state index in [1.807, 2.05) is 6.07 Å². The van der Waals surface area contributed by atoms with Crippen LogP contribution < -0.4 is 0 Å². The number of fused-ring (bicyclic) bond motifs is 2. The number of esters is 4. The van der Waals surface area contributed by atoms with Crippen molar-refractivity contribution in [1.82, 2.24) is 0 Å². The van der Waals surface area contributed by atoms with Gasteiger partial charge in [-0.2, -0.15) is 0 Å². The molecule has 1 aromatic carbocycles. The lowest BCUT2D eigenvalue weighted by Crippen LogP contribution is -2.67. The van der Waals surface area contributed by atoms with Crippen molar-refractivity contribution < 1.29 is 102 Å². The number of hydrogen-bond donors (Lipinski definition) is 5. The number of rotatable bonds is 31. The zero-order valence-corrected chi connectivity index (χ0v) is 56.4. The summed E-state index contributed by atoms with van der Waals surface area (Å²) in [6, 6.07) is 9.01. The molecule has 21 heteroatoms. The highest BCUT2D eigenvalue weighted by Gasteiger charge is 2.57. The first-order valence-corrected chi connectivity index (χ1v) is 35.6. The predicted octanol–water partition coefficient (Wildman–Crippen LogP) is 10.8. The van der Waals surface area contributed by atoms with Gasteiger partial charge in [0.15, 0.2) is 49.6 Å². The fourth-order valence-electron chi connectivity index (χ4n) is 12.9. The van der Waals surface area contributed by atoms with E-state index in [-0.39, 0.29) is 25.4 Å². The summed E-state index contributed by atoms with van der Waals surface area (Å²) < 4.78 is 75.9. The Bertz CT molecular complexity index is 2260. The van der Waals surface area contributed by atoms with Crippen LogP contribution in [0.4, 0.5) is 0 Å². The summed E-state index contributed by atoms with van der Waals surface area (Å²) >= 11 is 0. The Kier molecular flexibility index (Phi) is 35.4. The Morgan fingerprint density at radius 3 is 1.61 bits per heavy atom. The number of unbranched alkanes of at least 4 members (excludes halogenated alkanes) is 16. The van der Waals surface area contributed by atoms with E-state index in [2.05, 4.69) is 20.8 Å². The molecular weight excluding hydrogens is 1190 g/mol. The van der Waals surface area contributed by atoms with Crippen molar-refractivity contribution in [3.8, 4) is 0 Å². The number of aliphatic hydroxyl groups excluding tert-OH is 5. The van der Waals surface area contributed by atoms with E-state index in [9.17, 15) is 44.7 Å². The lowest BCUT2D eigenvalue weighted by Gasteiger charge is -2.49. The Morgan fingerprint density at radius 1 is 0.467 bits per heavy atom. The first-order chi connectivity index (χ1) is 44.4. The van der Waals surface area contributed by atoms with E-state index in [1.165, 1.54) is 37.8 Å². The van der Waals surface area contributed by atoms with Crippen molar-refractivity contribution in [3.05, 3.63) is 42.0 Å². The predicted molar refractivity (Wildman–Crippen MR) is 342 cm³/mol. The molecule has 5 aliphatic rings. The molecule has 0 spiro atoms. The van der Waals surface area contributed by atoms with Crippen LogP contribution in [0.15, 0.2) is 36.4 Å². The van der Waals surface area contributed by atoms with Crippen LogP contribution in [0.5, 0.6) is 0 Å². The van der Waals surface area contributed by atoms with Gasteiger partial charge in [0.05, 0.1) is 30.5 Å². The van der Waals surface area contributed by atoms with Gasteiger partial charge >= 0.3 is 23.9 Å². The number of ether oxygens (including phenoxy) is 12. The molecule has 0 aromatic heterocycles. The third kappa shape index (κ3) is 25.1. The Hall–Kier alpha value is -3.68. The lowest BCUT2D eigenvalue weighted by atomic mass is 9.95. The van der Waals surface area contributed by atoms with Crippen LogP contribution in [0.25, 0.3) is 6.08 Å². The second-order valence-electron chi connectivity index (χ2n) is 26.3. The van der Waals surface area contributed by atoms with E-state index < -0.39 is 147 Å². The van der Waals surface area contributed by atoms with Gasteiger partial charge in [0, 0.05) is 25.3 Å².